The van der Waals surface area contributed by atoms with Gasteiger partial charge in [-0.3, -0.25) is 4.79 Å². The maximum absolute atomic E-state index is 11.8. The lowest BCUT2D eigenvalue weighted by Crippen LogP contribution is -2.34. The fourth-order valence-electron chi connectivity index (χ4n) is 1.43. The largest absolute Gasteiger partial charge is 0.477 e. The summed E-state index contributed by atoms with van der Waals surface area (Å²) in [6.45, 7) is 3.54. The fraction of sp³-hybridized carbons (Fsp3) is 0.455. The molecule has 0 atom stereocenters. The van der Waals surface area contributed by atoms with E-state index >= 15 is 0 Å². The molecule has 0 fully saturated rings. The van der Waals surface area contributed by atoms with Gasteiger partial charge in [-0.05, 0) is 19.9 Å². The SMILES string of the molecule is CC(C)NC(=O)CCNS(=O)(=O)c1c[nH]c(C(=O)O)c1. The average Bonchev–Trinajstić information content (AvgIpc) is 2.77. The first kappa shape index (κ1) is 16.2. The van der Waals surface area contributed by atoms with Gasteiger partial charge in [0.2, 0.25) is 15.9 Å². The van der Waals surface area contributed by atoms with E-state index in [9.17, 15) is 18.0 Å². The molecular formula is C11H17N3O5S. The highest BCUT2D eigenvalue weighted by atomic mass is 32.2. The van der Waals surface area contributed by atoms with Gasteiger partial charge in [0, 0.05) is 25.2 Å². The molecule has 0 aromatic carbocycles. The standard InChI is InChI=1S/C11H17N3O5S/c1-7(2)14-10(15)3-4-13-20(18,19)8-5-9(11(16)17)12-6-8/h5-7,12-13H,3-4H2,1-2H3,(H,14,15)(H,16,17). The van der Waals surface area contributed by atoms with Crippen LogP contribution in [0.1, 0.15) is 30.8 Å². The lowest BCUT2D eigenvalue weighted by molar-refractivity contribution is -0.121. The number of hydrogen-bond acceptors (Lipinski definition) is 4. The number of nitrogens with one attached hydrogen (secondary N) is 3. The van der Waals surface area contributed by atoms with Crippen LogP contribution in [0.15, 0.2) is 17.2 Å². The number of carbonyl (C=O) groups is 2. The molecule has 1 aromatic heterocycles. The Kier molecular flexibility index (Phi) is 5.28. The number of rotatable bonds is 7. The highest BCUT2D eigenvalue weighted by Gasteiger charge is 2.18. The number of sulfonamides is 1. The molecule has 0 aliphatic carbocycles. The Labute approximate surface area is 116 Å². The maximum Gasteiger partial charge on any atom is 0.352 e. The van der Waals surface area contributed by atoms with E-state index in [1.165, 1.54) is 0 Å². The summed E-state index contributed by atoms with van der Waals surface area (Å²) in [4.78, 5) is 24.1. The number of carboxylic acid groups (broad SMARTS) is 1. The molecule has 8 nitrogen and oxygen atoms in total. The molecule has 0 saturated carbocycles. The van der Waals surface area contributed by atoms with Gasteiger partial charge in [-0.1, -0.05) is 0 Å². The quantitative estimate of drug-likeness (QED) is 0.559. The van der Waals surface area contributed by atoms with E-state index in [0.29, 0.717) is 0 Å². The van der Waals surface area contributed by atoms with Crippen molar-refractivity contribution in [3.05, 3.63) is 18.0 Å². The Bertz CT molecular complexity index is 591. The van der Waals surface area contributed by atoms with Crippen molar-refractivity contribution in [1.29, 1.82) is 0 Å². The first-order valence-corrected chi connectivity index (χ1v) is 7.41. The number of H-pyrrole nitrogens is 1. The molecule has 0 aliphatic rings. The van der Waals surface area contributed by atoms with Crippen LogP contribution in [0.2, 0.25) is 0 Å². The van der Waals surface area contributed by atoms with Crippen LogP contribution < -0.4 is 10.0 Å². The second-order valence-electron chi connectivity index (χ2n) is 4.42. The third-order valence-electron chi connectivity index (χ3n) is 2.29. The molecule has 112 valence electrons. The third-order valence-corrected chi connectivity index (χ3v) is 3.73. The van der Waals surface area contributed by atoms with Crippen molar-refractivity contribution in [3.63, 3.8) is 0 Å². The zero-order valence-electron chi connectivity index (χ0n) is 11.1. The van der Waals surface area contributed by atoms with E-state index < -0.39 is 16.0 Å². The van der Waals surface area contributed by atoms with Gasteiger partial charge in [0.15, 0.2) is 0 Å². The van der Waals surface area contributed by atoms with E-state index in [-0.39, 0.29) is 35.5 Å². The summed E-state index contributed by atoms with van der Waals surface area (Å²) < 4.78 is 25.9. The van der Waals surface area contributed by atoms with Crippen LogP contribution in [-0.4, -0.2) is 43.0 Å². The second kappa shape index (κ2) is 6.53. The number of aromatic nitrogens is 1. The predicted molar refractivity (Wildman–Crippen MR) is 70.8 cm³/mol. The molecule has 1 rings (SSSR count). The Balaban J connectivity index is 2.57. The van der Waals surface area contributed by atoms with E-state index in [2.05, 4.69) is 15.0 Å². The lowest BCUT2D eigenvalue weighted by Gasteiger charge is -2.08. The Morgan fingerprint density at radius 3 is 2.55 bits per heavy atom. The van der Waals surface area contributed by atoms with Gasteiger partial charge >= 0.3 is 5.97 Å². The van der Waals surface area contributed by atoms with Gasteiger partial charge in [0.05, 0.1) is 0 Å². The number of aromatic carboxylic acids is 1. The molecular weight excluding hydrogens is 286 g/mol. The molecule has 20 heavy (non-hydrogen) atoms. The van der Waals surface area contributed by atoms with Gasteiger partial charge in [-0.2, -0.15) is 0 Å². The molecule has 0 bridgehead atoms. The summed E-state index contributed by atoms with van der Waals surface area (Å²) in [6.07, 6.45) is 1.09. The number of amides is 1. The molecule has 0 spiro atoms. The molecule has 1 aromatic rings. The second-order valence-corrected chi connectivity index (χ2v) is 6.19. The smallest absolute Gasteiger partial charge is 0.352 e. The molecule has 0 saturated heterocycles. The van der Waals surface area contributed by atoms with Gasteiger partial charge in [-0.15, -0.1) is 0 Å². The summed E-state index contributed by atoms with van der Waals surface area (Å²) >= 11 is 0. The number of hydrogen-bond donors (Lipinski definition) is 4. The Hall–Kier alpha value is -1.87. The van der Waals surface area contributed by atoms with Crippen molar-refractivity contribution < 1.29 is 23.1 Å². The number of carbonyl (C=O) groups excluding carboxylic acids is 1. The molecule has 4 N–H and O–H groups in total. The molecule has 0 radical (unpaired) electrons. The van der Waals surface area contributed by atoms with Crippen molar-refractivity contribution in [3.8, 4) is 0 Å². The topological polar surface area (TPSA) is 128 Å². The first-order valence-electron chi connectivity index (χ1n) is 5.93. The van der Waals surface area contributed by atoms with Crippen molar-refractivity contribution in [2.75, 3.05) is 6.54 Å². The summed E-state index contributed by atoms with van der Waals surface area (Å²) in [5.41, 5.74) is -0.220. The van der Waals surface area contributed by atoms with Gasteiger partial charge in [0.25, 0.3) is 0 Å². The van der Waals surface area contributed by atoms with Crippen LogP contribution in [0.5, 0.6) is 0 Å². The fourth-order valence-corrected chi connectivity index (χ4v) is 2.45. The number of aromatic amines is 1. The summed E-state index contributed by atoms with van der Waals surface area (Å²) in [6, 6.07) is 1.00. The van der Waals surface area contributed by atoms with E-state index in [4.69, 9.17) is 5.11 Å². The van der Waals surface area contributed by atoms with E-state index in [1.54, 1.807) is 13.8 Å². The highest BCUT2D eigenvalue weighted by Crippen LogP contribution is 2.10. The van der Waals surface area contributed by atoms with Crippen molar-refractivity contribution in [2.24, 2.45) is 0 Å². The zero-order chi connectivity index (χ0) is 15.3. The minimum atomic E-state index is -3.82. The van der Waals surface area contributed by atoms with Crippen LogP contribution in [0.25, 0.3) is 0 Å². The minimum Gasteiger partial charge on any atom is -0.477 e. The molecule has 0 aliphatic heterocycles. The van der Waals surface area contributed by atoms with Gasteiger partial charge in [0.1, 0.15) is 10.6 Å². The van der Waals surface area contributed by atoms with E-state index in [0.717, 1.165) is 12.3 Å². The van der Waals surface area contributed by atoms with Crippen LogP contribution in [0, 0.1) is 0 Å². The minimum absolute atomic E-state index is 0.00756. The summed E-state index contributed by atoms with van der Waals surface area (Å²) in [7, 11) is -3.82. The lowest BCUT2D eigenvalue weighted by atomic mass is 10.3. The summed E-state index contributed by atoms with van der Waals surface area (Å²) in [5.74, 6) is -1.51. The third kappa shape index (κ3) is 4.67. The molecule has 9 heteroatoms. The molecule has 1 amide bonds. The van der Waals surface area contributed by atoms with Crippen molar-refractivity contribution >= 4 is 21.9 Å². The highest BCUT2D eigenvalue weighted by molar-refractivity contribution is 7.89. The number of carboxylic acids is 1. The summed E-state index contributed by atoms with van der Waals surface area (Å²) in [5, 5.41) is 11.3. The zero-order valence-corrected chi connectivity index (χ0v) is 12.0. The average molecular weight is 303 g/mol. The first-order chi connectivity index (χ1) is 9.22. The van der Waals surface area contributed by atoms with Crippen LogP contribution in [0.4, 0.5) is 0 Å². The Morgan fingerprint density at radius 2 is 2.05 bits per heavy atom. The van der Waals surface area contributed by atoms with E-state index in [1.807, 2.05) is 0 Å². The van der Waals surface area contributed by atoms with Crippen LogP contribution in [0.3, 0.4) is 0 Å². The van der Waals surface area contributed by atoms with Crippen LogP contribution >= 0.6 is 0 Å². The maximum atomic E-state index is 11.8. The Morgan fingerprint density at radius 1 is 1.40 bits per heavy atom. The molecule has 1 heterocycles. The predicted octanol–water partition coefficient (Wildman–Crippen LogP) is -0.0941. The molecule has 0 unspecified atom stereocenters. The van der Waals surface area contributed by atoms with Gasteiger partial charge < -0.3 is 15.4 Å². The van der Waals surface area contributed by atoms with Crippen molar-refractivity contribution in [1.82, 2.24) is 15.0 Å². The van der Waals surface area contributed by atoms with Crippen LogP contribution in [-0.2, 0) is 14.8 Å². The monoisotopic (exact) mass is 303 g/mol. The van der Waals surface area contributed by atoms with Crippen molar-refractivity contribution in [2.45, 2.75) is 31.2 Å². The normalized spacial score (nSPS) is 11.6. The van der Waals surface area contributed by atoms with Gasteiger partial charge in [-0.25, -0.2) is 17.9 Å².